The number of rotatable bonds is 2. The van der Waals surface area contributed by atoms with Gasteiger partial charge in [-0.05, 0) is 44.4 Å². The molecule has 0 bridgehead atoms. The summed E-state index contributed by atoms with van der Waals surface area (Å²) in [6.45, 7) is 3.72. The maximum Gasteiger partial charge on any atom is 0.416 e. The number of carbonyl (C=O) groups is 1. The molecule has 104 valence electrons. The third-order valence-electron chi connectivity index (χ3n) is 3.50. The summed E-state index contributed by atoms with van der Waals surface area (Å²) >= 11 is 0. The smallest absolute Gasteiger partial charge is 0.367 e. The quantitative estimate of drug-likeness (QED) is 0.766. The molecule has 1 aliphatic heterocycles. The Morgan fingerprint density at radius 2 is 2.05 bits per heavy atom. The minimum Gasteiger partial charge on any atom is -0.367 e. The van der Waals surface area contributed by atoms with Gasteiger partial charge in [-0.2, -0.15) is 13.2 Å². The van der Waals surface area contributed by atoms with Crippen molar-refractivity contribution in [3.05, 3.63) is 34.9 Å². The molecule has 1 atom stereocenters. The van der Waals surface area contributed by atoms with E-state index in [9.17, 15) is 18.0 Å². The van der Waals surface area contributed by atoms with Crippen LogP contribution in [0.25, 0.3) is 0 Å². The van der Waals surface area contributed by atoms with E-state index in [4.69, 9.17) is 4.74 Å². The van der Waals surface area contributed by atoms with Crippen molar-refractivity contribution in [1.82, 2.24) is 0 Å². The number of benzene rings is 1. The zero-order valence-electron chi connectivity index (χ0n) is 10.8. The van der Waals surface area contributed by atoms with E-state index in [1.54, 1.807) is 6.92 Å². The summed E-state index contributed by atoms with van der Waals surface area (Å²) in [5.74, 6) is -0.240. The van der Waals surface area contributed by atoms with Crippen LogP contribution in [-0.2, 0) is 10.9 Å². The number of aryl methyl sites for hydroxylation is 1. The summed E-state index contributed by atoms with van der Waals surface area (Å²) in [7, 11) is 0. The maximum absolute atomic E-state index is 12.6. The maximum atomic E-state index is 12.6. The van der Waals surface area contributed by atoms with E-state index in [1.807, 2.05) is 0 Å². The fraction of sp³-hybridized carbons (Fsp3) is 0.500. The van der Waals surface area contributed by atoms with Crippen LogP contribution in [0.4, 0.5) is 13.2 Å². The highest BCUT2D eigenvalue weighted by Gasteiger charge is 2.39. The van der Waals surface area contributed by atoms with Crippen LogP contribution in [0, 0.1) is 6.92 Å². The third kappa shape index (κ3) is 2.66. The highest BCUT2D eigenvalue weighted by atomic mass is 19.4. The molecule has 5 heteroatoms. The molecule has 1 aromatic carbocycles. The summed E-state index contributed by atoms with van der Waals surface area (Å²) in [4.78, 5) is 12.3. The molecule has 1 heterocycles. The van der Waals surface area contributed by atoms with Gasteiger partial charge in [-0.25, -0.2) is 0 Å². The molecule has 0 amide bonds. The van der Waals surface area contributed by atoms with E-state index in [1.165, 1.54) is 13.0 Å². The molecule has 0 aliphatic carbocycles. The van der Waals surface area contributed by atoms with Crippen LogP contribution < -0.4 is 0 Å². The van der Waals surface area contributed by atoms with E-state index in [0.29, 0.717) is 24.2 Å². The lowest BCUT2D eigenvalue weighted by Gasteiger charge is -2.22. The van der Waals surface area contributed by atoms with Crippen LogP contribution in [0.15, 0.2) is 18.2 Å². The minimum atomic E-state index is -4.39. The second-order valence-corrected chi connectivity index (χ2v) is 5.04. The molecule has 1 saturated heterocycles. The molecule has 2 rings (SSSR count). The lowest BCUT2D eigenvalue weighted by molar-refractivity contribution is -0.137. The van der Waals surface area contributed by atoms with Gasteiger partial charge in [-0.3, -0.25) is 4.79 Å². The van der Waals surface area contributed by atoms with Crippen molar-refractivity contribution < 1.29 is 22.7 Å². The normalized spacial score (nSPS) is 23.6. The number of Topliss-reactive ketones (excluding diaryl/α,β-unsaturated/α-hetero) is 1. The zero-order valence-corrected chi connectivity index (χ0v) is 10.8. The van der Waals surface area contributed by atoms with Gasteiger partial charge in [-0.15, -0.1) is 0 Å². The first kappa shape index (κ1) is 14.1. The first-order valence-electron chi connectivity index (χ1n) is 6.11. The Bertz CT molecular complexity index is 500. The monoisotopic (exact) mass is 272 g/mol. The van der Waals surface area contributed by atoms with Crippen molar-refractivity contribution in [2.45, 2.75) is 38.5 Å². The zero-order chi connectivity index (χ0) is 14.3. The summed E-state index contributed by atoms with van der Waals surface area (Å²) < 4.78 is 43.1. The molecular weight excluding hydrogens is 257 g/mol. The van der Waals surface area contributed by atoms with E-state index < -0.39 is 17.3 Å². The molecule has 1 fully saturated rings. The Balaban J connectivity index is 2.34. The van der Waals surface area contributed by atoms with E-state index in [-0.39, 0.29) is 5.78 Å². The molecule has 2 nitrogen and oxygen atoms in total. The van der Waals surface area contributed by atoms with Gasteiger partial charge in [0.2, 0.25) is 0 Å². The van der Waals surface area contributed by atoms with Gasteiger partial charge in [0.25, 0.3) is 0 Å². The first-order valence-corrected chi connectivity index (χ1v) is 6.11. The van der Waals surface area contributed by atoms with Crippen molar-refractivity contribution in [3.63, 3.8) is 0 Å². The van der Waals surface area contributed by atoms with Crippen LogP contribution >= 0.6 is 0 Å². The number of halogens is 3. The number of hydrogen-bond acceptors (Lipinski definition) is 2. The van der Waals surface area contributed by atoms with Crippen molar-refractivity contribution in [2.75, 3.05) is 6.61 Å². The largest absolute Gasteiger partial charge is 0.416 e. The summed E-state index contributed by atoms with van der Waals surface area (Å²) in [6, 6.07) is 3.19. The number of hydrogen-bond donors (Lipinski definition) is 0. The Kier molecular flexibility index (Phi) is 3.43. The second-order valence-electron chi connectivity index (χ2n) is 5.04. The Labute approximate surface area is 109 Å². The summed E-state index contributed by atoms with van der Waals surface area (Å²) in [5, 5.41) is 0. The van der Waals surface area contributed by atoms with Crippen molar-refractivity contribution in [1.29, 1.82) is 0 Å². The second kappa shape index (κ2) is 4.63. The van der Waals surface area contributed by atoms with Crippen molar-refractivity contribution in [3.8, 4) is 0 Å². The molecule has 1 unspecified atom stereocenters. The van der Waals surface area contributed by atoms with Crippen molar-refractivity contribution >= 4 is 5.78 Å². The van der Waals surface area contributed by atoms with Crippen LogP contribution in [0.5, 0.6) is 0 Å². The molecule has 0 spiro atoms. The lowest BCUT2D eigenvalue weighted by Crippen LogP contribution is -2.34. The minimum absolute atomic E-state index is 0.240. The highest BCUT2D eigenvalue weighted by Crippen LogP contribution is 2.33. The third-order valence-corrected chi connectivity index (χ3v) is 3.50. The van der Waals surface area contributed by atoms with Gasteiger partial charge in [-0.1, -0.05) is 6.07 Å². The molecule has 0 N–H and O–H groups in total. The van der Waals surface area contributed by atoms with E-state index >= 15 is 0 Å². The number of ether oxygens (including phenoxy) is 1. The van der Waals surface area contributed by atoms with Crippen LogP contribution in [0.1, 0.15) is 41.3 Å². The summed E-state index contributed by atoms with van der Waals surface area (Å²) in [5.41, 5.74) is -1.00. The van der Waals surface area contributed by atoms with Gasteiger partial charge in [0, 0.05) is 12.2 Å². The van der Waals surface area contributed by atoms with Gasteiger partial charge < -0.3 is 4.74 Å². The van der Waals surface area contributed by atoms with Crippen LogP contribution in [-0.4, -0.2) is 18.0 Å². The molecule has 19 heavy (non-hydrogen) atoms. The molecule has 0 radical (unpaired) electrons. The number of ketones is 1. The topological polar surface area (TPSA) is 26.3 Å². The van der Waals surface area contributed by atoms with Crippen LogP contribution in [0.3, 0.4) is 0 Å². The standard InChI is InChI=1S/C14H15F3O2/c1-9-8-10(14(15,16)17)4-5-11(9)12(18)13(2)6-3-7-19-13/h4-5,8H,3,6-7H2,1-2H3. The fourth-order valence-corrected chi connectivity index (χ4v) is 2.34. The Morgan fingerprint density at radius 3 is 2.53 bits per heavy atom. The molecule has 0 aromatic heterocycles. The predicted octanol–water partition coefficient (Wildman–Crippen LogP) is 3.77. The highest BCUT2D eigenvalue weighted by molar-refractivity contribution is 6.03. The molecule has 1 aliphatic rings. The van der Waals surface area contributed by atoms with Crippen molar-refractivity contribution in [2.24, 2.45) is 0 Å². The first-order chi connectivity index (χ1) is 8.74. The SMILES string of the molecule is Cc1cc(C(F)(F)F)ccc1C(=O)C1(C)CCCO1. The average Bonchev–Trinajstić information content (AvgIpc) is 2.75. The number of alkyl halides is 3. The predicted molar refractivity (Wildman–Crippen MR) is 64.1 cm³/mol. The lowest BCUT2D eigenvalue weighted by atomic mass is 9.89. The van der Waals surface area contributed by atoms with Crippen LogP contribution in [0.2, 0.25) is 0 Å². The van der Waals surface area contributed by atoms with E-state index in [0.717, 1.165) is 18.6 Å². The molecular formula is C14H15F3O2. The molecule has 0 saturated carbocycles. The average molecular weight is 272 g/mol. The molecule has 1 aromatic rings. The van der Waals surface area contributed by atoms with Gasteiger partial charge in [0.15, 0.2) is 5.78 Å². The van der Waals surface area contributed by atoms with Gasteiger partial charge in [0.1, 0.15) is 5.60 Å². The fourth-order valence-electron chi connectivity index (χ4n) is 2.34. The Morgan fingerprint density at radius 1 is 1.37 bits per heavy atom. The summed E-state index contributed by atoms with van der Waals surface area (Å²) in [6.07, 6.45) is -2.99. The number of carbonyl (C=O) groups excluding carboxylic acids is 1. The van der Waals surface area contributed by atoms with Gasteiger partial charge in [0.05, 0.1) is 5.56 Å². The van der Waals surface area contributed by atoms with Gasteiger partial charge >= 0.3 is 6.18 Å². The Hall–Kier alpha value is -1.36. The van der Waals surface area contributed by atoms with E-state index in [2.05, 4.69) is 0 Å².